The maximum absolute atomic E-state index is 13.8. The molecule has 1 spiro atoms. The third kappa shape index (κ3) is 16.6. The van der Waals surface area contributed by atoms with E-state index in [9.17, 15) is 33.6 Å². The number of aromatic amines is 3. The first-order valence-electron chi connectivity index (χ1n) is 41.4. The van der Waals surface area contributed by atoms with Crippen LogP contribution in [0.3, 0.4) is 0 Å². The lowest BCUT2D eigenvalue weighted by Crippen LogP contribution is -2.49. The van der Waals surface area contributed by atoms with Crippen molar-refractivity contribution in [3.8, 4) is 67.5 Å². The van der Waals surface area contributed by atoms with Gasteiger partial charge in [0, 0.05) is 200 Å². The summed E-state index contributed by atoms with van der Waals surface area (Å²) in [5, 5.41) is 36.8. The van der Waals surface area contributed by atoms with Crippen molar-refractivity contribution in [3.63, 3.8) is 0 Å². The summed E-state index contributed by atoms with van der Waals surface area (Å²) in [6, 6.07) is 40.9. The van der Waals surface area contributed by atoms with Gasteiger partial charge in [0.25, 0.3) is 0 Å². The van der Waals surface area contributed by atoms with E-state index in [0.29, 0.717) is 168 Å². The lowest BCUT2D eigenvalue weighted by molar-refractivity contribution is -0.169. The van der Waals surface area contributed by atoms with E-state index in [4.69, 9.17) is 23.7 Å². The molecule has 31 nitrogen and oxygen atoms in total. The fourth-order valence-electron chi connectivity index (χ4n) is 18.1. The molecule has 620 valence electrons. The molecule has 3 aliphatic carbocycles. The van der Waals surface area contributed by atoms with Crippen molar-refractivity contribution in [2.24, 2.45) is 0 Å². The van der Waals surface area contributed by atoms with E-state index in [0.717, 1.165) is 143 Å². The molecule has 7 aliphatic heterocycles. The molecule has 0 atom stereocenters. The minimum absolute atomic E-state index is 0.141. The minimum Gasteiger partial charge on any atom is -0.381 e. The molecule has 19 rings (SSSR count). The lowest BCUT2D eigenvalue weighted by atomic mass is 10.0. The standard InChI is InChI=1S/C30H37N7O3.C30H34N6O5.C28H30N6O4/c1-35(2)20-11-15-37(16-12-20)22-9-7-19(8-10-22)27-26-28(33-32-27)23-5-4-6-24(25(23)29(26)38)31-30(39)34-36(3)21-13-17-40-18-14-21;1-35(20-9-15-39-16-10-20)34-29(38)31-23-4-2-3-22-24(23)28(37)25-26(32-33-27(22)25)19-5-7-21(8-6-19)36-13-11-30(12-14-36)40-17-18-41-30;1-33(18-11-15-38-16-12-18)32-28(37)29-22-4-2-3-21-23(22)27(36)24-25(30-31-26(21)24)17-5-7-19(8-6-17)34-13-9-20(35)10-14-34/h4-10,20-21H,11-18H2,1-3H3,(H,32,33)(H2,31,34,39);2-8,20H,9-18H2,1H3,(H,32,33)(H2,31,34,38);2-8,18H,9-16H2,1H3,(H,30,31)(H2,29,32,37). The fraction of sp³-hybridized carbons (Fsp3) is 0.409. The maximum Gasteiger partial charge on any atom is 0.333 e. The van der Waals surface area contributed by atoms with Gasteiger partial charge in [-0.2, -0.15) is 15.3 Å². The third-order valence-electron chi connectivity index (χ3n) is 24.8. The van der Waals surface area contributed by atoms with Crippen molar-refractivity contribution in [2.75, 3.05) is 158 Å². The molecule has 6 aromatic carbocycles. The second-order valence-electron chi connectivity index (χ2n) is 32.1. The summed E-state index contributed by atoms with van der Waals surface area (Å²) < 4.78 is 28.0. The number of piperidine rings is 3. The molecule has 0 bridgehead atoms. The molecule has 7 saturated heterocycles. The highest BCUT2D eigenvalue weighted by Gasteiger charge is 2.42. The van der Waals surface area contributed by atoms with E-state index in [2.05, 4.69) is 121 Å². The molecule has 6 amide bonds. The van der Waals surface area contributed by atoms with Gasteiger partial charge in [0.2, 0.25) is 0 Å². The number of aromatic nitrogens is 6. The molecule has 10 aliphatic rings. The Kier molecular flexibility index (Phi) is 23.4. The number of hydrogen-bond donors (Lipinski definition) is 9. The number of rotatable bonds is 16. The highest BCUT2D eigenvalue weighted by atomic mass is 16.7. The van der Waals surface area contributed by atoms with Gasteiger partial charge in [-0.3, -0.25) is 50.8 Å². The van der Waals surface area contributed by atoms with E-state index in [1.165, 1.54) is 5.69 Å². The number of Topliss-reactive ketones (excluding diaryl/α,β-unsaturated/α-hetero) is 1. The number of carbonyl (C=O) groups is 7. The van der Waals surface area contributed by atoms with Crippen molar-refractivity contribution < 1.29 is 57.2 Å². The monoisotopic (exact) mass is 1620 g/mol. The molecule has 9 aromatic rings. The Bertz CT molecular complexity index is 5250. The van der Waals surface area contributed by atoms with Crippen LogP contribution in [0, 0.1) is 0 Å². The number of amides is 6. The van der Waals surface area contributed by atoms with E-state index >= 15 is 0 Å². The Hall–Kier alpha value is -11.5. The number of ether oxygens (including phenoxy) is 5. The number of H-pyrrole nitrogens is 3. The Morgan fingerprint density at radius 1 is 0.378 bits per heavy atom. The molecule has 0 radical (unpaired) electrons. The lowest BCUT2D eigenvalue weighted by Gasteiger charge is -2.38. The molecule has 119 heavy (non-hydrogen) atoms. The Labute approximate surface area is 689 Å². The highest BCUT2D eigenvalue weighted by Crippen LogP contribution is 2.47. The van der Waals surface area contributed by atoms with Crippen LogP contribution < -0.4 is 46.9 Å². The van der Waals surface area contributed by atoms with Crippen molar-refractivity contribution in [1.29, 1.82) is 0 Å². The number of nitrogens with one attached hydrogen (secondary N) is 9. The Morgan fingerprint density at radius 3 is 1.01 bits per heavy atom. The second kappa shape index (κ2) is 34.8. The van der Waals surface area contributed by atoms with E-state index in [-0.39, 0.29) is 47.5 Å². The number of ketones is 4. The van der Waals surface area contributed by atoms with E-state index < -0.39 is 11.8 Å². The van der Waals surface area contributed by atoms with Crippen LogP contribution in [0.4, 0.5) is 48.5 Å². The number of hydrazine groups is 3. The summed E-state index contributed by atoms with van der Waals surface area (Å²) in [6.07, 6.45) is 10.2. The number of benzene rings is 6. The summed E-state index contributed by atoms with van der Waals surface area (Å²) in [5.74, 6) is -0.574. The number of urea groups is 3. The van der Waals surface area contributed by atoms with Gasteiger partial charge in [-0.25, -0.2) is 29.4 Å². The zero-order chi connectivity index (χ0) is 82.0. The molecule has 0 unspecified atom stereocenters. The third-order valence-corrected chi connectivity index (χ3v) is 24.8. The van der Waals surface area contributed by atoms with Crippen LogP contribution in [-0.2, 0) is 28.5 Å². The van der Waals surface area contributed by atoms with Crippen LogP contribution in [0.1, 0.15) is 125 Å². The van der Waals surface area contributed by atoms with Crippen LogP contribution in [0.25, 0.3) is 67.5 Å². The maximum atomic E-state index is 13.8. The SMILES string of the molecule is CN(C)C1CCN(c2ccc(-c3n[nH]c4c3C(=O)c3c(NC(=O)NN(C)C5CCOCC5)cccc3-4)cc2)CC1.CN(NC(=O)Nc1cccc2c1C(=O)c1c(-c3ccc(N4CCC(=O)CC4)cc3)n[nH]c1-2)C1CCOCC1.CN(NC(=O)Nc1cccc2c1C(=O)c1c(-c3ccc(N4CCC5(CC4)OCCO5)cc3)n[nH]c1-2)C1CCOCC1. The predicted octanol–water partition coefficient (Wildman–Crippen LogP) is 11.3. The molecule has 31 heteroatoms. The van der Waals surface area contributed by atoms with Gasteiger partial charge in [0.1, 0.15) is 22.9 Å². The van der Waals surface area contributed by atoms with Crippen molar-refractivity contribution in [2.45, 2.75) is 107 Å². The van der Waals surface area contributed by atoms with Gasteiger partial charge < -0.3 is 59.2 Å². The molecular weight excluding hydrogens is 1520 g/mol. The molecule has 3 aromatic heterocycles. The van der Waals surface area contributed by atoms with E-state index in [1.807, 2.05) is 116 Å². The predicted molar refractivity (Wildman–Crippen MR) is 451 cm³/mol. The number of fused-ring (bicyclic) bond motifs is 9. The average molecular weight is 1620 g/mol. The Morgan fingerprint density at radius 2 is 0.689 bits per heavy atom. The number of nitrogens with zero attached hydrogens (tertiary/aromatic N) is 10. The van der Waals surface area contributed by atoms with Gasteiger partial charge >= 0.3 is 18.1 Å². The normalized spacial score (nSPS) is 18.4. The Balaban J connectivity index is 0.000000128. The topological polar surface area (TPSA) is 347 Å². The fourth-order valence-corrected chi connectivity index (χ4v) is 18.1. The molecular formula is C88H101N19O12. The quantitative estimate of drug-likeness (QED) is 0.0406. The summed E-state index contributed by atoms with van der Waals surface area (Å²) >= 11 is 0. The van der Waals surface area contributed by atoms with Crippen LogP contribution in [0.15, 0.2) is 127 Å². The summed E-state index contributed by atoms with van der Waals surface area (Å²) in [6.45, 7) is 10.6. The number of anilines is 6. The minimum atomic E-state index is -0.406. The highest BCUT2D eigenvalue weighted by molar-refractivity contribution is 6.29. The van der Waals surface area contributed by atoms with Crippen LogP contribution in [0.2, 0.25) is 0 Å². The summed E-state index contributed by atoms with van der Waals surface area (Å²) in [7, 11) is 9.85. The van der Waals surface area contributed by atoms with Crippen LogP contribution in [-0.4, -0.2) is 249 Å². The van der Waals surface area contributed by atoms with Gasteiger partial charge in [0.05, 0.1) is 80.7 Å². The first-order chi connectivity index (χ1) is 57.9. The molecule has 9 N–H and O–H groups in total. The zero-order valence-corrected chi connectivity index (χ0v) is 67.7. The van der Waals surface area contributed by atoms with Gasteiger partial charge in [-0.1, -0.05) is 72.8 Å². The van der Waals surface area contributed by atoms with E-state index in [1.54, 1.807) is 23.2 Å². The average Bonchev–Trinajstić information content (AvgIpc) is 1.59. The molecule has 0 saturated carbocycles. The zero-order valence-electron chi connectivity index (χ0n) is 67.7. The molecule has 10 heterocycles. The smallest absolute Gasteiger partial charge is 0.333 e. The van der Waals surface area contributed by atoms with Crippen molar-refractivity contribution in [1.82, 2.24) is 66.8 Å². The van der Waals surface area contributed by atoms with Gasteiger partial charge in [0.15, 0.2) is 23.1 Å². The van der Waals surface area contributed by atoms with Crippen molar-refractivity contribution in [3.05, 3.63) is 161 Å². The first kappa shape index (κ1) is 79.9. The molecule has 7 fully saturated rings. The largest absolute Gasteiger partial charge is 0.381 e. The number of carbonyl (C=O) groups excluding carboxylic acids is 7. The number of hydrogen-bond acceptors (Lipinski definition) is 22. The van der Waals surface area contributed by atoms with Crippen LogP contribution in [0.5, 0.6) is 0 Å². The van der Waals surface area contributed by atoms with Crippen LogP contribution >= 0.6 is 0 Å². The first-order valence-corrected chi connectivity index (χ1v) is 41.4. The van der Waals surface area contributed by atoms with Gasteiger partial charge in [-0.15, -0.1) is 0 Å². The van der Waals surface area contributed by atoms with Gasteiger partial charge in [-0.05, 0) is 120 Å². The van der Waals surface area contributed by atoms with Crippen molar-refractivity contribution >= 4 is 75.4 Å². The summed E-state index contributed by atoms with van der Waals surface area (Å²) in [4.78, 5) is 101. The second-order valence-corrected chi connectivity index (χ2v) is 32.1. The summed E-state index contributed by atoms with van der Waals surface area (Å²) in [5.41, 5.74) is 25.0.